The van der Waals surface area contributed by atoms with Gasteiger partial charge in [0, 0.05) is 18.1 Å². The Morgan fingerprint density at radius 3 is 1.97 bits per heavy atom. The zero-order valence-electron chi connectivity index (χ0n) is 39.8. The molecule has 0 fully saturated rings. The predicted molar refractivity (Wildman–Crippen MR) is 289 cm³/mol. The first-order chi connectivity index (χ1) is 31.6. The second-order valence-corrected chi connectivity index (χ2v) is 15.8. The summed E-state index contributed by atoms with van der Waals surface area (Å²) in [5, 5.41) is 0. The third kappa shape index (κ3) is 14.9. The van der Waals surface area contributed by atoms with Crippen molar-refractivity contribution in [1.82, 2.24) is 0 Å². The second kappa shape index (κ2) is 27.0. The fraction of sp³-hybridized carbons (Fsp3) is 0.172. The number of aryl methyl sites for hydroxylation is 1. The van der Waals surface area contributed by atoms with E-state index in [1.807, 2.05) is 43.4 Å². The van der Waals surface area contributed by atoms with Gasteiger partial charge in [0.15, 0.2) is 0 Å². The lowest BCUT2D eigenvalue weighted by molar-refractivity contribution is 1.01. The molecular formula is C64H67N. The van der Waals surface area contributed by atoms with Crippen LogP contribution in [0.25, 0.3) is 22.3 Å². The van der Waals surface area contributed by atoms with Crippen LogP contribution in [0.2, 0.25) is 0 Å². The molecule has 0 spiro atoms. The summed E-state index contributed by atoms with van der Waals surface area (Å²) < 4.78 is 0. The molecule has 5 rings (SSSR count). The predicted octanol–water partition coefficient (Wildman–Crippen LogP) is 17.7. The maximum atomic E-state index is 5.07. The van der Waals surface area contributed by atoms with Crippen molar-refractivity contribution in [2.45, 2.75) is 67.7 Å². The number of benzene rings is 4. The Labute approximate surface area is 392 Å². The Kier molecular flexibility index (Phi) is 21.0. The normalized spacial score (nSPS) is 16.4. The van der Waals surface area contributed by atoms with E-state index >= 15 is 0 Å². The summed E-state index contributed by atoms with van der Waals surface area (Å²) in [7, 11) is 0. The number of allylic oxidation sites excluding steroid dienone is 22. The minimum Gasteiger partial charge on any atom is -0.253 e. The minimum absolute atomic E-state index is 0.0315. The summed E-state index contributed by atoms with van der Waals surface area (Å²) in [6.07, 6.45) is 37.4. The third-order valence-electron chi connectivity index (χ3n) is 11.1. The Bertz CT molecular complexity index is 2650. The Morgan fingerprint density at radius 1 is 0.754 bits per heavy atom. The van der Waals surface area contributed by atoms with Crippen molar-refractivity contribution in [1.29, 1.82) is 0 Å². The molecule has 1 nitrogen and oxygen atoms in total. The second-order valence-electron chi connectivity index (χ2n) is 15.8. The van der Waals surface area contributed by atoms with Crippen molar-refractivity contribution in [3.05, 3.63) is 275 Å². The van der Waals surface area contributed by atoms with Gasteiger partial charge < -0.3 is 0 Å². The Hall–Kier alpha value is -7.27. The van der Waals surface area contributed by atoms with E-state index in [0.29, 0.717) is 0 Å². The van der Waals surface area contributed by atoms with Crippen molar-refractivity contribution in [2.24, 2.45) is 10.9 Å². The summed E-state index contributed by atoms with van der Waals surface area (Å²) in [5.41, 5.74) is 17.9. The van der Waals surface area contributed by atoms with Crippen LogP contribution in [-0.2, 0) is 0 Å². The third-order valence-corrected chi connectivity index (χ3v) is 11.1. The molecule has 1 aliphatic carbocycles. The summed E-state index contributed by atoms with van der Waals surface area (Å²) in [5.74, 6) is 2.52. The van der Waals surface area contributed by atoms with Crippen LogP contribution >= 0.6 is 0 Å². The SMILES string of the molecule is C#CC/C=C\C(C)=CCC.C=CC(=C\C=C/C)/C(=C1\C=CC(C(=C)/C=C\C(C)=C(/C=C)N=C(CC)c2ccccc2)C=C\C1=C(\C)c1ccccc1)c1cc(-c2ccccc2)ccc1C. The van der Waals surface area contributed by atoms with Crippen LogP contribution in [0.5, 0.6) is 0 Å². The average molecular weight is 850 g/mol. The highest BCUT2D eigenvalue weighted by molar-refractivity contribution is 6.01. The summed E-state index contributed by atoms with van der Waals surface area (Å²) in [6, 6.07) is 38.3. The van der Waals surface area contributed by atoms with Crippen LogP contribution in [0, 0.1) is 25.2 Å². The Balaban J connectivity index is 0.000000825. The van der Waals surface area contributed by atoms with E-state index in [-0.39, 0.29) is 5.92 Å². The maximum Gasteiger partial charge on any atom is 0.0656 e. The molecule has 328 valence electrons. The number of nitrogens with zero attached hydrogens (tertiary/aromatic N) is 1. The molecule has 1 heteroatoms. The number of aliphatic imine (C=N–C) groups is 1. The standard InChI is InChI=1S/C54H53N.C10H14/c1-9-13-23-43(10-2)54(51-38-48(33-32-40(51)6)46-26-19-15-20-27-46)50-37-35-44(34-36-49(50)42(8)45-24-17-14-18-25-45)39(5)30-31-41(7)52(11-3)55-53(12-4)47-28-21-16-22-29-47;1-4-6-7-9-10(3)8-5-2/h9-11,13-38,44H,2-3,5,12H2,1,4,6-8H3;1,7-9H,5-6H2,2-3H3/b13-9-,31-30-,43-23+,49-42+,52-41+,54-50-,55-53?;9-7-,10-8?. The molecule has 1 unspecified atom stereocenters. The molecule has 4 aromatic carbocycles. The summed E-state index contributed by atoms with van der Waals surface area (Å²) in [4.78, 5) is 5.02. The van der Waals surface area contributed by atoms with Crippen LogP contribution in [0.15, 0.2) is 258 Å². The lowest BCUT2D eigenvalue weighted by Gasteiger charge is -2.20. The maximum absolute atomic E-state index is 5.07. The van der Waals surface area contributed by atoms with Gasteiger partial charge in [-0.25, -0.2) is 0 Å². The molecule has 0 N–H and O–H groups in total. The van der Waals surface area contributed by atoms with Crippen molar-refractivity contribution in [3.8, 4) is 23.5 Å². The average Bonchev–Trinajstić information content (AvgIpc) is 3.57. The highest BCUT2D eigenvalue weighted by Crippen LogP contribution is 2.40. The molecule has 65 heavy (non-hydrogen) atoms. The smallest absolute Gasteiger partial charge is 0.0656 e. The van der Waals surface area contributed by atoms with Crippen molar-refractivity contribution < 1.29 is 0 Å². The Morgan fingerprint density at radius 2 is 1.38 bits per heavy atom. The first kappa shape index (κ1) is 50.4. The van der Waals surface area contributed by atoms with Crippen molar-refractivity contribution >= 4 is 16.9 Å². The van der Waals surface area contributed by atoms with E-state index in [1.54, 1.807) is 0 Å². The van der Waals surface area contributed by atoms with Gasteiger partial charge in [0.1, 0.15) is 0 Å². The summed E-state index contributed by atoms with van der Waals surface area (Å²) in [6.45, 7) is 27.9. The van der Waals surface area contributed by atoms with Gasteiger partial charge in [-0.3, -0.25) is 4.99 Å². The van der Waals surface area contributed by atoms with Crippen molar-refractivity contribution in [3.63, 3.8) is 0 Å². The van der Waals surface area contributed by atoms with Gasteiger partial charge in [-0.15, -0.1) is 12.3 Å². The zero-order chi connectivity index (χ0) is 47.0. The highest BCUT2D eigenvalue weighted by atomic mass is 14.8. The van der Waals surface area contributed by atoms with Gasteiger partial charge in [-0.1, -0.05) is 221 Å². The van der Waals surface area contributed by atoms with Gasteiger partial charge in [0.25, 0.3) is 0 Å². The quantitative estimate of drug-likeness (QED) is 0.0605. The zero-order valence-corrected chi connectivity index (χ0v) is 39.8. The lowest BCUT2D eigenvalue weighted by Crippen LogP contribution is -2.00. The first-order valence-corrected chi connectivity index (χ1v) is 22.7. The van der Waals surface area contributed by atoms with E-state index in [2.05, 4.69) is 225 Å². The van der Waals surface area contributed by atoms with Crippen molar-refractivity contribution in [2.75, 3.05) is 0 Å². The molecular weight excluding hydrogens is 783 g/mol. The van der Waals surface area contributed by atoms with Gasteiger partial charge >= 0.3 is 0 Å². The van der Waals surface area contributed by atoms with Crippen LogP contribution in [-0.4, -0.2) is 5.71 Å². The topological polar surface area (TPSA) is 12.4 Å². The largest absolute Gasteiger partial charge is 0.253 e. The van der Waals surface area contributed by atoms with E-state index in [4.69, 9.17) is 11.4 Å². The van der Waals surface area contributed by atoms with E-state index in [0.717, 1.165) is 69.7 Å². The molecule has 0 amide bonds. The number of hydrogen-bond acceptors (Lipinski definition) is 1. The van der Waals surface area contributed by atoms with Gasteiger partial charge in [-0.2, -0.15) is 0 Å². The van der Waals surface area contributed by atoms with Crippen LogP contribution in [0.3, 0.4) is 0 Å². The first-order valence-electron chi connectivity index (χ1n) is 22.7. The number of rotatable bonds is 16. The molecule has 1 atom stereocenters. The van der Waals surface area contributed by atoms with Gasteiger partial charge in [-0.05, 0) is 132 Å². The van der Waals surface area contributed by atoms with E-state index in [1.165, 1.54) is 39.0 Å². The molecule has 4 aromatic rings. The molecule has 0 aromatic heterocycles. The molecule has 0 bridgehead atoms. The van der Waals surface area contributed by atoms with Crippen LogP contribution in [0.4, 0.5) is 0 Å². The fourth-order valence-electron chi connectivity index (χ4n) is 7.44. The van der Waals surface area contributed by atoms with E-state index in [9.17, 15) is 0 Å². The molecule has 0 saturated carbocycles. The minimum atomic E-state index is -0.0315. The van der Waals surface area contributed by atoms with Gasteiger partial charge in [0.05, 0.1) is 5.70 Å². The number of terminal acetylenes is 1. The molecule has 0 heterocycles. The molecule has 0 radical (unpaired) electrons. The molecule has 1 aliphatic rings. The molecule has 0 aliphatic heterocycles. The number of hydrogen-bond donors (Lipinski definition) is 0. The summed E-state index contributed by atoms with van der Waals surface area (Å²) >= 11 is 0. The fourth-order valence-corrected chi connectivity index (χ4v) is 7.44. The monoisotopic (exact) mass is 850 g/mol. The highest BCUT2D eigenvalue weighted by Gasteiger charge is 2.21. The van der Waals surface area contributed by atoms with E-state index < -0.39 is 0 Å². The molecule has 0 saturated heterocycles. The van der Waals surface area contributed by atoms with Gasteiger partial charge in [0.2, 0.25) is 0 Å². The van der Waals surface area contributed by atoms with Crippen LogP contribution in [0.1, 0.15) is 83.1 Å². The lowest BCUT2D eigenvalue weighted by atomic mass is 9.83. The van der Waals surface area contributed by atoms with Crippen LogP contribution < -0.4 is 0 Å².